The Hall–Kier alpha value is -0.170. The lowest BCUT2D eigenvalue weighted by atomic mass is 9.92. The molecular weight excluding hydrogens is 773 g/mol. The van der Waals surface area contributed by atoms with Crippen molar-refractivity contribution in [1.82, 2.24) is 0 Å². The molecular formula is C28H42Cl6O14. The Morgan fingerprint density at radius 1 is 0.604 bits per heavy atom. The third-order valence-corrected chi connectivity index (χ3v) is 11.3. The van der Waals surface area contributed by atoms with Gasteiger partial charge in [0.1, 0.15) is 30.5 Å². The Balaban J connectivity index is 0.000000558. The van der Waals surface area contributed by atoms with Gasteiger partial charge in [0.05, 0.1) is 51.9 Å². The van der Waals surface area contributed by atoms with Crippen molar-refractivity contribution in [3.63, 3.8) is 0 Å². The molecule has 0 amide bonds. The highest BCUT2D eigenvalue weighted by molar-refractivity contribution is 6.45. The topological polar surface area (TPSA) is 208 Å². The van der Waals surface area contributed by atoms with E-state index in [1.54, 1.807) is 20.8 Å². The molecule has 0 aromatic heterocycles. The van der Waals surface area contributed by atoms with Crippen LogP contribution in [0, 0.1) is 5.41 Å². The van der Waals surface area contributed by atoms with E-state index >= 15 is 0 Å². The van der Waals surface area contributed by atoms with Crippen molar-refractivity contribution in [3.8, 4) is 0 Å². The van der Waals surface area contributed by atoms with Crippen LogP contribution < -0.4 is 0 Å². The van der Waals surface area contributed by atoms with Gasteiger partial charge in [-0.3, -0.25) is 14.4 Å². The minimum atomic E-state index is -1.83. The first-order valence-corrected chi connectivity index (χ1v) is 17.4. The molecule has 14 nitrogen and oxygen atoms in total. The molecule has 10 atom stereocenters. The van der Waals surface area contributed by atoms with E-state index in [1.165, 1.54) is 0 Å². The standard InChI is InChI=1S/C22H36O14.C6H6Cl6/c1-9(25)31-17-12(8-24)34-21(36-20-16(30)15(29)14(28)11(7-23)33-20)19(18(17)32-10(2)26)35-13(27)6-22(3,4)5;7-1-2(8)4(10)6(12)5(11)3(1)9/h11-12,14-21,23-24,28-30H,6-8H2,1-5H3;1-6H/t11-,12-,14-,15+,16-,17-,18+,19-,20-,21-;/m1./s1. The maximum atomic E-state index is 12.7. The van der Waals surface area contributed by atoms with Crippen LogP contribution in [-0.4, -0.2) is 150 Å². The molecule has 1 saturated carbocycles. The smallest absolute Gasteiger partial charge is 0.306 e. The number of halogens is 6. The van der Waals surface area contributed by atoms with E-state index in [4.69, 9.17) is 98.0 Å². The van der Waals surface area contributed by atoms with E-state index < -0.39 is 130 Å². The third-order valence-electron chi connectivity index (χ3n) is 7.26. The summed E-state index contributed by atoms with van der Waals surface area (Å²) in [5, 5.41) is 47.1. The molecule has 0 spiro atoms. The van der Waals surface area contributed by atoms with Gasteiger partial charge in [-0.15, -0.1) is 69.6 Å². The minimum absolute atomic E-state index is 0.0787. The van der Waals surface area contributed by atoms with Crippen LogP contribution >= 0.6 is 69.6 Å². The monoisotopic (exact) mass is 812 g/mol. The second-order valence-corrected chi connectivity index (χ2v) is 15.6. The Bertz CT molecular complexity index is 1010. The van der Waals surface area contributed by atoms with Crippen LogP contribution in [0.15, 0.2) is 0 Å². The lowest BCUT2D eigenvalue weighted by Gasteiger charge is -2.46. The van der Waals surface area contributed by atoms with Gasteiger partial charge in [0.25, 0.3) is 0 Å². The van der Waals surface area contributed by atoms with Gasteiger partial charge in [0.2, 0.25) is 6.29 Å². The van der Waals surface area contributed by atoms with Gasteiger partial charge in [-0.1, -0.05) is 20.8 Å². The van der Waals surface area contributed by atoms with Gasteiger partial charge < -0.3 is 54.0 Å². The molecule has 20 heteroatoms. The number of ether oxygens (including phenoxy) is 6. The molecule has 280 valence electrons. The summed E-state index contributed by atoms with van der Waals surface area (Å²) in [6.07, 6.45) is -15.9. The summed E-state index contributed by atoms with van der Waals surface area (Å²) in [6, 6.07) is 0. The summed E-state index contributed by atoms with van der Waals surface area (Å²) in [4.78, 5) is 36.4. The number of carbonyl (C=O) groups excluding carboxylic acids is 3. The van der Waals surface area contributed by atoms with Crippen molar-refractivity contribution in [2.75, 3.05) is 13.2 Å². The largest absolute Gasteiger partial charge is 0.456 e. The quantitative estimate of drug-likeness (QED) is 0.133. The predicted molar refractivity (Wildman–Crippen MR) is 174 cm³/mol. The first-order chi connectivity index (χ1) is 22.1. The number of carbonyl (C=O) groups is 3. The zero-order chi connectivity index (χ0) is 36.8. The molecule has 3 aliphatic rings. The molecule has 0 unspecified atom stereocenters. The van der Waals surface area contributed by atoms with Gasteiger partial charge in [0, 0.05) is 13.8 Å². The summed E-state index contributed by atoms with van der Waals surface area (Å²) >= 11 is 35.3. The highest BCUT2D eigenvalue weighted by atomic mass is 35.5. The molecule has 2 heterocycles. The normalized spacial score (nSPS) is 41.8. The number of aliphatic hydroxyl groups excluding tert-OH is 5. The molecule has 5 N–H and O–H groups in total. The van der Waals surface area contributed by atoms with Crippen molar-refractivity contribution >= 4 is 87.5 Å². The van der Waals surface area contributed by atoms with E-state index in [0.717, 1.165) is 13.8 Å². The van der Waals surface area contributed by atoms with Crippen LogP contribution in [0.4, 0.5) is 0 Å². The maximum absolute atomic E-state index is 12.7. The van der Waals surface area contributed by atoms with E-state index in [-0.39, 0.29) is 6.42 Å². The van der Waals surface area contributed by atoms with Gasteiger partial charge in [-0.2, -0.15) is 0 Å². The van der Waals surface area contributed by atoms with Gasteiger partial charge in [-0.25, -0.2) is 0 Å². The number of rotatable bonds is 8. The van der Waals surface area contributed by atoms with E-state index in [9.17, 15) is 39.9 Å². The summed E-state index contributed by atoms with van der Waals surface area (Å²) in [5.41, 5.74) is -0.500. The van der Waals surface area contributed by atoms with Crippen molar-refractivity contribution in [2.45, 2.75) is 135 Å². The molecule has 0 radical (unpaired) electrons. The van der Waals surface area contributed by atoms with Crippen molar-refractivity contribution in [1.29, 1.82) is 0 Å². The average molecular weight is 815 g/mol. The summed E-state index contributed by atoms with van der Waals surface area (Å²) < 4.78 is 32.7. The molecule has 1 aliphatic carbocycles. The first kappa shape index (κ1) is 44.0. The minimum Gasteiger partial charge on any atom is -0.456 e. The van der Waals surface area contributed by atoms with E-state index in [2.05, 4.69) is 0 Å². The van der Waals surface area contributed by atoms with Crippen LogP contribution in [0.5, 0.6) is 0 Å². The number of hydrogen-bond donors (Lipinski definition) is 5. The number of alkyl halides is 6. The second kappa shape index (κ2) is 19.1. The third kappa shape index (κ3) is 11.7. The number of esters is 3. The Morgan fingerprint density at radius 3 is 1.42 bits per heavy atom. The molecule has 0 bridgehead atoms. The zero-order valence-electron chi connectivity index (χ0n) is 26.5. The van der Waals surface area contributed by atoms with Crippen molar-refractivity contribution < 1.29 is 68.3 Å². The average Bonchev–Trinajstić information content (AvgIpc) is 2.99. The molecule has 3 fully saturated rings. The highest BCUT2D eigenvalue weighted by Gasteiger charge is 2.55. The van der Waals surface area contributed by atoms with Gasteiger partial charge >= 0.3 is 17.9 Å². The lowest BCUT2D eigenvalue weighted by molar-refractivity contribution is -0.377. The van der Waals surface area contributed by atoms with Crippen LogP contribution in [0.1, 0.15) is 41.0 Å². The maximum Gasteiger partial charge on any atom is 0.306 e. The lowest BCUT2D eigenvalue weighted by Crippen LogP contribution is -2.65. The Kier molecular flexibility index (Phi) is 17.5. The Labute approximate surface area is 308 Å². The molecule has 2 aliphatic heterocycles. The fraction of sp³-hybridized carbons (Fsp3) is 0.893. The van der Waals surface area contributed by atoms with Crippen LogP contribution in [0.25, 0.3) is 0 Å². The van der Waals surface area contributed by atoms with E-state index in [1.807, 2.05) is 0 Å². The fourth-order valence-electron chi connectivity index (χ4n) is 4.91. The summed E-state index contributed by atoms with van der Waals surface area (Å²) in [6.45, 7) is 6.00. The summed E-state index contributed by atoms with van der Waals surface area (Å²) in [7, 11) is 0. The molecule has 2 saturated heterocycles. The van der Waals surface area contributed by atoms with Gasteiger partial charge in [-0.05, 0) is 5.41 Å². The summed E-state index contributed by atoms with van der Waals surface area (Å²) in [5.74, 6) is -2.38. The second-order valence-electron chi connectivity index (χ2n) is 12.6. The molecule has 48 heavy (non-hydrogen) atoms. The van der Waals surface area contributed by atoms with Gasteiger partial charge in [0.15, 0.2) is 24.6 Å². The van der Waals surface area contributed by atoms with E-state index in [0.29, 0.717) is 0 Å². The van der Waals surface area contributed by atoms with Crippen molar-refractivity contribution in [2.24, 2.45) is 5.41 Å². The Morgan fingerprint density at radius 2 is 1.02 bits per heavy atom. The fourth-order valence-corrected chi connectivity index (χ4v) is 7.24. The molecule has 0 aromatic carbocycles. The van der Waals surface area contributed by atoms with Crippen LogP contribution in [0.2, 0.25) is 0 Å². The van der Waals surface area contributed by atoms with Crippen LogP contribution in [-0.2, 0) is 42.8 Å². The highest BCUT2D eigenvalue weighted by Crippen LogP contribution is 2.40. The predicted octanol–water partition coefficient (Wildman–Crippen LogP) is 1.38. The molecule has 0 aromatic rings. The number of hydrogen-bond acceptors (Lipinski definition) is 14. The SMILES string of the molecule is CC(=O)O[C@@H]1[C@@H](OC(=O)CC(C)(C)C)[C@@H](O[C@H]2O[C@H](CO)[C@@H](O)[C@H](O)[C@H]2O)O[C@H](CO)[C@H]1OC(C)=O.ClC1C(Cl)C(Cl)C(Cl)C(Cl)C1Cl. The molecule has 3 rings (SSSR count). The number of aliphatic hydroxyl groups is 5. The van der Waals surface area contributed by atoms with Crippen molar-refractivity contribution in [3.05, 3.63) is 0 Å². The first-order valence-electron chi connectivity index (χ1n) is 14.8. The van der Waals surface area contributed by atoms with Crippen LogP contribution in [0.3, 0.4) is 0 Å². The zero-order valence-corrected chi connectivity index (χ0v) is 31.1.